The molecular formula is C9H12ClN3O. The van der Waals surface area contributed by atoms with E-state index in [1.54, 1.807) is 26.3 Å². The fraction of sp³-hybridized carbons (Fsp3) is 0.222. The molecule has 4 nitrogen and oxygen atoms in total. The molecule has 0 saturated heterocycles. The Hall–Kier alpha value is -1.42. The summed E-state index contributed by atoms with van der Waals surface area (Å²) in [6.07, 6.45) is 0. The van der Waals surface area contributed by atoms with Crippen LogP contribution in [0.5, 0.6) is 5.75 Å². The summed E-state index contributed by atoms with van der Waals surface area (Å²) in [5.74, 6) is 0.968. The van der Waals surface area contributed by atoms with Gasteiger partial charge in [0.2, 0.25) is 0 Å². The highest BCUT2D eigenvalue weighted by Gasteiger charge is 2.01. The summed E-state index contributed by atoms with van der Waals surface area (Å²) in [5, 5.41) is 3.40. The molecule has 0 unspecified atom stereocenters. The Morgan fingerprint density at radius 3 is 2.79 bits per heavy atom. The van der Waals surface area contributed by atoms with Gasteiger partial charge in [-0.2, -0.15) is 0 Å². The van der Waals surface area contributed by atoms with Crippen molar-refractivity contribution in [2.24, 2.45) is 10.7 Å². The van der Waals surface area contributed by atoms with Crippen molar-refractivity contribution in [3.05, 3.63) is 23.2 Å². The number of aliphatic imine (C=N–C) groups is 1. The van der Waals surface area contributed by atoms with Crippen molar-refractivity contribution in [3.8, 4) is 5.75 Å². The van der Waals surface area contributed by atoms with Gasteiger partial charge in [0.1, 0.15) is 5.75 Å². The molecule has 0 heterocycles. The number of methoxy groups -OCH3 is 1. The number of guanidine groups is 1. The van der Waals surface area contributed by atoms with Crippen LogP contribution < -0.4 is 15.8 Å². The molecule has 1 rings (SSSR count). The van der Waals surface area contributed by atoms with Crippen molar-refractivity contribution in [2.45, 2.75) is 0 Å². The molecule has 0 aliphatic rings. The van der Waals surface area contributed by atoms with E-state index in [1.807, 2.05) is 6.07 Å². The molecule has 0 saturated carbocycles. The number of nitrogens with one attached hydrogen (secondary N) is 1. The van der Waals surface area contributed by atoms with E-state index in [0.29, 0.717) is 16.7 Å². The third-order valence-corrected chi connectivity index (χ3v) is 1.96. The fourth-order valence-electron chi connectivity index (χ4n) is 0.948. The van der Waals surface area contributed by atoms with Crippen molar-refractivity contribution < 1.29 is 4.74 Å². The van der Waals surface area contributed by atoms with Gasteiger partial charge in [0.25, 0.3) is 0 Å². The van der Waals surface area contributed by atoms with Crippen LogP contribution in [0.15, 0.2) is 23.2 Å². The standard InChI is InChI=1S/C9H12ClN3O/c1-12-9(11)13-6-3-4-8(14-2)7(10)5-6/h3-5H,1-2H3,(H3,11,12,13). The van der Waals surface area contributed by atoms with Crippen molar-refractivity contribution in [1.82, 2.24) is 0 Å². The maximum Gasteiger partial charge on any atom is 0.192 e. The molecule has 0 amide bonds. The lowest BCUT2D eigenvalue weighted by Gasteiger charge is -2.07. The summed E-state index contributed by atoms with van der Waals surface area (Å²) < 4.78 is 5.01. The van der Waals surface area contributed by atoms with Crippen molar-refractivity contribution in [2.75, 3.05) is 19.5 Å². The van der Waals surface area contributed by atoms with Gasteiger partial charge in [-0.05, 0) is 18.2 Å². The van der Waals surface area contributed by atoms with Crippen LogP contribution in [0.3, 0.4) is 0 Å². The lowest BCUT2D eigenvalue weighted by Crippen LogP contribution is -2.21. The van der Waals surface area contributed by atoms with Gasteiger partial charge in [0, 0.05) is 12.7 Å². The first-order chi connectivity index (χ1) is 6.67. The zero-order valence-corrected chi connectivity index (χ0v) is 8.80. The molecule has 1 aromatic carbocycles. The number of hydrogen-bond donors (Lipinski definition) is 2. The highest BCUT2D eigenvalue weighted by Crippen LogP contribution is 2.26. The molecule has 1 aromatic rings. The molecule has 0 aliphatic carbocycles. The van der Waals surface area contributed by atoms with Crippen LogP contribution in [-0.4, -0.2) is 20.1 Å². The Balaban J connectivity index is 2.86. The Labute approximate surface area is 87.7 Å². The molecule has 76 valence electrons. The van der Waals surface area contributed by atoms with Crippen LogP contribution in [0.4, 0.5) is 5.69 Å². The smallest absolute Gasteiger partial charge is 0.192 e. The molecule has 0 aromatic heterocycles. The van der Waals surface area contributed by atoms with Gasteiger partial charge in [-0.3, -0.25) is 4.99 Å². The lowest BCUT2D eigenvalue weighted by molar-refractivity contribution is 0.415. The van der Waals surface area contributed by atoms with E-state index in [-0.39, 0.29) is 0 Å². The van der Waals surface area contributed by atoms with Gasteiger partial charge in [-0.1, -0.05) is 11.6 Å². The van der Waals surface area contributed by atoms with Crippen LogP contribution in [0.25, 0.3) is 0 Å². The number of anilines is 1. The number of halogens is 1. The minimum Gasteiger partial charge on any atom is -0.495 e. The molecule has 0 fully saturated rings. The predicted molar refractivity (Wildman–Crippen MR) is 59.2 cm³/mol. The van der Waals surface area contributed by atoms with E-state index < -0.39 is 0 Å². The van der Waals surface area contributed by atoms with E-state index >= 15 is 0 Å². The first kappa shape index (κ1) is 10.7. The maximum absolute atomic E-state index is 5.91. The van der Waals surface area contributed by atoms with Crippen molar-refractivity contribution >= 4 is 23.2 Å². The van der Waals surface area contributed by atoms with Crippen LogP contribution in [0.2, 0.25) is 5.02 Å². The van der Waals surface area contributed by atoms with Crippen LogP contribution in [0, 0.1) is 0 Å². The third-order valence-electron chi connectivity index (χ3n) is 1.67. The van der Waals surface area contributed by atoms with Gasteiger partial charge in [0.15, 0.2) is 5.96 Å². The molecule has 0 spiro atoms. The second-order valence-corrected chi connectivity index (χ2v) is 2.99. The van der Waals surface area contributed by atoms with Gasteiger partial charge >= 0.3 is 0 Å². The maximum atomic E-state index is 5.91. The zero-order valence-electron chi connectivity index (χ0n) is 8.04. The van der Waals surface area contributed by atoms with Crippen molar-refractivity contribution in [1.29, 1.82) is 0 Å². The highest BCUT2D eigenvalue weighted by molar-refractivity contribution is 6.32. The second-order valence-electron chi connectivity index (χ2n) is 2.58. The third kappa shape index (κ3) is 2.53. The SMILES string of the molecule is CN=C(N)Nc1ccc(OC)c(Cl)c1. The molecule has 14 heavy (non-hydrogen) atoms. The minimum atomic E-state index is 0.339. The van der Waals surface area contributed by atoms with E-state index in [4.69, 9.17) is 22.1 Å². The number of rotatable bonds is 2. The van der Waals surface area contributed by atoms with Crippen molar-refractivity contribution in [3.63, 3.8) is 0 Å². The Bertz CT molecular complexity index is 352. The number of ether oxygens (including phenoxy) is 1. The Kier molecular flexibility index (Phi) is 3.59. The lowest BCUT2D eigenvalue weighted by atomic mass is 10.3. The topological polar surface area (TPSA) is 59.6 Å². The Morgan fingerprint density at radius 1 is 1.57 bits per heavy atom. The summed E-state index contributed by atoms with van der Waals surface area (Å²) in [6.45, 7) is 0. The average Bonchev–Trinajstić information content (AvgIpc) is 2.18. The average molecular weight is 214 g/mol. The summed E-state index contributed by atoms with van der Waals surface area (Å²) in [5.41, 5.74) is 6.27. The quantitative estimate of drug-likeness (QED) is 0.581. The number of nitrogens with zero attached hydrogens (tertiary/aromatic N) is 1. The highest BCUT2D eigenvalue weighted by atomic mass is 35.5. The van der Waals surface area contributed by atoms with Crippen LogP contribution in [-0.2, 0) is 0 Å². The van der Waals surface area contributed by atoms with Crippen LogP contribution >= 0.6 is 11.6 Å². The molecule has 0 bridgehead atoms. The summed E-state index contributed by atoms with van der Waals surface area (Å²) in [6, 6.07) is 5.29. The van der Waals surface area contributed by atoms with Gasteiger partial charge < -0.3 is 15.8 Å². The predicted octanol–water partition coefficient (Wildman–Crippen LogP) is 1.70. The largest absolute Gasteiger partial charge is 0.495 e. The second kappa shape index (κ2) is 4.72. The van der Waals surface area contributed by atoms with E-state index in [1.165, 1.54) is 0 Å². The monoisotopic (exact) mass is 213 g/mol. The molecule has 0 aliphatic heterocycles. The summed E-state index contributed by atoms with van der Waals surface area (Å²) in [7, 11) is 3.17. The Morgan fingerprint density at radius 2 is 2.29 bits per heavy atom. The normalized spacial score (nSPS) is 11.2. The molecule has 5 heteroatoms. The van der Waals surface area contributed by atoms with Gasteiger partial charge in [-0.15, -0.1) is 0 Å². The van der Waals surface area contributed by atoms with Gasteiger partial charge in [0.05, 0.1) is 12.1 Å². The number of benzene rings is 1. The zero-order chi connectivity index (χ0) is 10.6. The molecule has 3 N–H and O–H groups in total. The van der Waals surface area contributed by atoms with Gasteiger partial charge in [-0.25, -0.2) is 0 Å². The van der Waals surface area contributed by atoms with Crippen LogP contribution in [0.1, 0.15) is 0 Å². The summed E-state index contributed by atoms with van der Waals surface area (Å²) >= 11 is 5.91. The number of nitrogens with two attached hydrogens (primary N) is 1. The molecule has 0 radical (unpaired) electrons. The first-order valence-electron chi connectivity index (χ1n) is 4.00. The van der Waals surface area contributed by atoms with E-state index in [2.05, 4.69) is 10.3 Å². The van der Waals surface area contributed by atoms with E-state index in [9.17, 15) is 0 Å². The molecule has 0 atom stereocenters. The number of hydrogen-bond acceptors (Lipinski definition) is 2. The molecular weight excluding hydrogens is 202 g/mol. The summed E-state index contributed by atoms with van der Waals surface area (Å²) in [4.78, 5) is 3.76. The fourth-order valence-corrected chi connectivity index (χ4v) is 1.21. The van der Waals surface area contributed by atoms with E-state index in [0.717, 1.165) is 5.69 Å². The minimum absolute atomic E-state index is 0.339. The first-order valence-corrected chi connectivity index (χ1v) is 4.38.